The van der Waals surface area contributed by atoms with Crippen LogP contribution in [0.5, 0.6) is 0 Å². The number of hydrogen-bond donors (Lipinski definition) is 0. The van der Waals surface area contributed by atoms with Gasteiger partial charge in [-0.2, -0.15) is 0 Å². The SMILES string of the molecule is [CH2]CCCCN(C)C(=O)C=C. The molecule has 0 fully saturated rings. The molecular weight excluding hydrogens is 138 g/mol. The Morgan fingerprint density at radius 3 is 2.64 bits per heavy atom. The van der Waals surface area contributed by atoms with Gasteiger partial charge >= 0.3 is 0 Å². The van der Waals surface area contributed by atoms with Crippen molar-refractivity contribution < 1.29 is 4.79 Å². The van der Waals surface area contributed by atoms with Crippen LogP contribution in [-0.4, -0.2) is 24.4 Å². The molecule has 0 heterocycles. The summed E-state index contributed by atoms with van der Waals surface area (Å²) in [6, 6.07) is 0. The van der Waals surface area contributed by atoms with E-state index in [0.29, 0.717) is 0 Å². The molecule has 0 saturated carbocycles. The van der Waals surface area contributed by atoms with Crippen LogP contribution in [0.1, 0.15) is 19.3 Å². The summed E-state index contributed by atoms with van der Waals surface area (Å²) in [5, 5.41) is 0. The minimum Gasteiger partial charge on any atom is -0.342 e. The van der Waals surface area contributed by atoms with Gasteiger partial charge in [0.1, 0.15) is 0 Å². The average molecular weight is 154 g/mol. The van der Waals surface area contributed by atoms with Gasteiger partial charge in [0.25, 0.3) is 0 Å². The van der Waals surface area contributed by atoms with Crippen molar-refractivity contribution in [3.8, 4) is 0 Å². The molecule has 1 amide bonds. The molecule has 0 atom stereocenters. The minimum atomic E-state index is -0.00550. The minimum absolute atomic E-state index is 0.00550. The van der Waals surface area contributed by atoms with E-state index in [4.69, 9.17) is 0 Å². The first-order valence-corrected chi connectivity index (χ1v) is 3.89. The van der Waals surface area contributed by atoms with Crippen molar-refractivity contribution in [3.05, 3.63) is 19.6 Å². The largest absolute Gasteiger partial charge is 0.342 e. The zero-order valence-corrected chi connectivity index (χ0v) is 7.18. The fourth-order valence-electron chi connectivity index (χ4n) is 0.792. The molecular formula is C9H16NO. The van der Waals surface area contributed by atoms with Crippen molar-refractivity contribution in [1.29, 1.82) is 0 Å². The summed E-state index contributed by atoms with van der Waals surface area (Å²) in [7, 11) is 1.78. The lowest BCUT2D eigenvalue weighted by Gasteiger charge is -2.13. The Balaban J connectivity index is 3.43. The first kappa shape index (κ1) is 10.2. The normalized spacial score (nSPS) is 9.27. The molecule has 2 nitrogen and oxygen atoms in total. The summed E-state index contributed by atoms with van der Waals surface area (Å²) < 4.78 is 0. The highest BCUT2D eigenvalue weighted by Crippen LogP contribution is 1.96. The van der Waals surface area contributed by atoms with Crippen molar-refractivity contribution in [1.82, 2.24) is 4.90 Å². The molecule has 0 aliphatic rings. The third-order valence-electron chi connectivity index (χ3n) is 1.54. The monoisotopic (exact) mass is 154 g/mol. The first-order valence-electron chi connectivity index (χ1n) is 3.89. The first-order chi connectivity index (χ1) is 5.22. The highest BCUT2D eigenvalue weighted by molar-refractivity contribution is 5.86. The van der Waals surface area contributed by atoms with E-state index in [0.717, 1.165) is 25.8 Å². The summed E-state index contributed by atoms with van der Waals surface area (Å²) in [4.78, 5) is 12.6. The van der Waals surface area contributed by atoms with Gasteiger partial charge in [-0.1, -0.05) is 26.3 Å². The van der Waals surface area contributed by atoms with Gasteiger partial charge < -0.3 is 4.90 Å². The molecule has 1 radical (unpaired) electrons. The lowest BCUT2D eigenvalue weighted by atomic mass is 10.2. The number of carbonyl (C=O) groups is 1. The van der Waals surface area contributed by atoms with Crippen LogP contribution in [0.15, 0.2) is 12.7 Å². The summed E-state index contributed by atoms with van der Waals surface area (Å²) in [5.74, 6) is -0.00550. The molecule has 0 saturated heterocycles. The molecule has 11 heavy (non-hydrogen) atoms. The number of likely N-dealkylation sites (N-methyl/N-ethyl adjacent to an activating group) is 1. The average Bonchev–Trinajstić information content (AvgIpc) is 2.03. The van der Waals surface area contributed by atoms with E-state index >= 15 is 0 Å². The van der Waals surface area contributed by atoms with Gasteiger partial charge in [0.05, 0.1) is 0 Å². The van der Waals surface area contributed by atoms with Crippen LogP contribution in [0.3, 0.4) is 0 Å². The maximum Gasteiger partial charge on any atom is 0.245 e. The molecule has 0 bridgehead atoms. The Bertz CT molecular complexity index is 132. The molecule has 0 N–H and O–H groups in total. The van der Waals surface area contributed by atoms with Crippen molar-refractivity contribution >= 4 is 5.91 Å². The van der Waals surface area contributed by atoms with Crippen molar-refractivity contribution in [2.75, 3.05) is 13.6 Å². The van der Waals surface area contributed by atoms with Crippen LogP contribution in [0.2, 0.25) is 0 Å². The summed E-state index contributed by atoms with van der Waals surface area (Å²) in [6.45, 7) is 7.94. The number of amides is 1. The van der Waals surface area contributed by atoms with Gasteiger partial charge in [-0.15, -0.1) is 0 Å². The quantitative estimate of drug-likeness (QED) is 0.435. The summed E-state index contributed by atoms with van der Waals surface area (Å²) in [5.41, 5.74) is 0. The Hall–Kier alpha value is -0.790. The molecule has 0 aliphatic heterocycles. The number of unbranched alkanes of at least 4 members (excludes halogenated alkanes) is 2. The zero-order chi connectivity index (χ0) is 8.69. The van der Waals surface area contributed by atoms with Crippen molar-refractivity contribution in [2.45, 2.75) is 19.3 Å². The Morgan fingerprint density at radius 2 is 2.18 bits per heavy atom. The zero-order valence-electron chi connectivity index (χ0n) is 7.18. The van der Waals surface area contributed by atoms with Crippen LogP contribution < -0.4 is 0 Å². The maximum atomic E-state index is 10.9. The van der Waals surface area contributed by atoms with Gasteiger partial charge in [0, 0.05) is 13.6 Å². The number of hydrogen-bond acceptors (Lipinski definition) is 1. The van der Waals surface area contributed by atoms with Gasteiger partial charge in [-0.25, -0.2) is 0 Å². The molecule has 0 aromatic heterocycles. The number of carbonyl (C=O) groups excluding carboxylic acids is 1. The van der Waals surface area contributed by atoms with E-state index < -0.39 is 0 Å². The Kier molecular flexibility index (Phi) is 5.53. The summed E-state index contributed by atoms with van der Waals surface area (Å²) in [6.07, 6.45) is 4.38. The highest BCUT2D eigenvalue weighted by atomic mass is 16.2. The Labute approximate surface area is 68.9 Å². The fraction of sp³-hybridized carbons (Fsp3) is 0.556. The van der Waals surface area contributed by atoms with Crippen LogP contribution in [0, 0.1) is 6.92 Å². The second-order valence-electron chi connectivity index (χ2n) is 2.52. The fourth-order valence-corrected chi connectivity index (χ4v) is 0.792. The molecule has 0 aliphatic carbocycles. The molecule has 0 unspecified atom stereocenters. The van der Waals surface area contributed by atoms with Gasteiger partial charge in [0.15, 0.2) is 0 Å². The van der Waals surface area contributed by atoms with E-state index in [-0.39, 0.29) is 5.91 Å². The third kappa shape index (κ3) is 4.59. The van der Waals surface area contributed by atoms with Crippen molar-refractivity contribution in [3.63, 3.8) is 0 Å². The van der Waals surface area contributed by atoms with Crippen LogP contribution in [0.4, 0.5) is 0 Å². The van der Waals surface area contributed by atoms with Gasteiger partial charge in [0.2, 0.25) is 5.91 Å². The van der Waals surface area contributed by atoms with E-state index in [1.807, 2.05) is 0 Å². The highest BCUT2D eigenvalue weighted by Gasteiger charge is 2.01. The van der Waals surface area contributed by atoms with E-state index in [1.54, 1.807) is 11.9 Å². The van der Waals surface area contributed by atoms with E-state index in [9.17, 15) is 4.79 Å². The second-order valence-corrected chi connectivity index (χ2v) is 2.52. The molecule has 0 aromatic carbocycles. The predicted molar refractivity (Wildman–Crippen MR) is 47.0 cm³/mol. The lowest BCUT2D eigenvalue weighted by molar-refractivity contribution is -0.124. The molecule has 2 heteroatoms. The van der Waals surface area contributed by atoms with Crippen LogP contribution in [0.25, 0.3) is 0 Å². The van der Waals surface area contributed by atoms with Crippen molar-refractivity contribution in [2.24, 2.45) is 0 Å². The topological polar surface area (TPSA) is 20.3 Å². The number of rotatable bonds is 5. The van der Waals surface area contributed by atoms with E-state index in [2.05, 4.69) is 13.5 Å². The van der Waals surface area contributed by atoms with Crippen LogP contribution in [-0.2, 0) is 4.79 Å². The Morgan fingerprint density at radius 1 is 1.55 bits per heavy atom. The third-order valence-corrected chi connectivity index (χ3v) is 1.54. The van der Waals surface area contributed by atoms with Gasteiger partial charge in [-0.3, -0.25) is 4.79 Å². The predicted octanol–water partition coefficient (Wildman–Crippen LogP) is 1.64. The molecule has 0 aromatic rings. The smallest absolute Gasteiger partial charge is 0.245 e. The molecule has 63 valence electrons. The lowest BCUT2D eigenvalue weighted by Crippen LogP contribution is -2.25. The standard InChI is InChI=1S/C9H16NO/c1-4-6-7-8-10(3)9(11)5-2/h5H,1-2,4,6-8H2,3H3. The van der Waals surface area contributed by atoms with E-state index in [1.165, 1.54) is 6.08 Å². The number of nitrogens with zero attached hydrogens (tertiary/aromatic N) is 1. The maximum absolute atomic E-state index is 10.9. The summed E-state index contributed by atoms with van der Waals surface area (Å²) >= 11 is 0. The second kappa shape index (κ2) is 5.96. The molecule has 0 spiro atoms. The molecule has 0 rings (SSSR count). The van der Waals surface area contributed by atoms with Gasteiger partial charge in [-0.05, 0) is 12.5 Å². The van der Waals surface area contributed by atoms with Crippen LogP contribution >= 0.6 is 0 Å².